The van der Waals surface area contributed by atoms with Crippen molar-refractivity contribution in [2.75, 3.05) is 13.1 Å². The van der Waals surface area contributed by atoms with Gasteiger partial charge in [-0.15, -0.1) is 12.3 Å². The van der Waals surface area contributed by atoms with Gasteiger partial charge >= 0.3 is 0 Å². The van der Waals surface area contributed by atoms with Crippen LogP contribution in [-0.2, 0) is 35.2 Å². The van der Waals surface area contributed by atoms with Gasteiger partial charge in [0.05, 0.1) is 5.92 Å². The number of hydroxylamine groups is 1. The van der Waals surface area contributed by atoms with Crippen molar-refractivity contribution < 1.29 is 43.9 Å². The minimum absolute atomic E-state index is 0.00391. The summed E-state index contributed by atoms with van der Waals surface area (Å²) in [5, 5.41) is 30.4. The maximum atomic E-state index is 14.1. The predicted molar refractivity (Wildman–Crippen MR) is 223 cm³/mol. The van der Waals surface area contributed by atoms with Crippen molar-refractivity contribution in [2.24, 2.45) is 34.0 Å². The van der Waals surface area contributed by atoms with Gasteiger partial charge in [0.1, 0.15) is 24.2 Å². The van der Waals surface area contributed by atoms with Crippen LogP contribution >= 0.6 is 0 Å². The number of hydrogen-bond acceptors (Lipinski definition) is 10. The Kier molecular flexibility index (Phi) is 22.1. The van der Waals surface area contributed by atoms with E-state index in [1.165, 1.54) is 5.48 Å². The standard InChI is InChI=1S/C42H59N9O9/c1-4-5-7-17-34(52)46-22-11-10-15-31(37(43)55)48-40(58)33(25-27-18-20-29(21-19-27)35(53)28-13-8-6-9-14-28)50-39(57)32(16-12-23-47-42(44)45)49-38(56)30(24-26(2)3)36(54)41(59)51-60/h1,6,8-9,13-14,18-21,26,30-33,36,54,60H,5,7,10-12,15-17,22-25H2,2-3H3,(H2,43,55)(H,46,52)(H,48,58)(H,49,56)(H,50,57)(H,51,59)(H4,44,45,47)/t30-,31+,32+,33+,36+/m1/s1. The number of unbranched alkanes of at least 4 members (excludes halogenated alkanes) is 2. The van der Waals surface area contributed by atoms with Crippen LogP contribution in [-0.4, -0.2) is 94.8 Å². The summed E-state index contributed by atoms with van der Waals surface area (Å²) in [5.41, 5.74) is 19.3. The molecular formula is C42H59N9O9. The summed E-state index contributed by atoms with van der Waals surface area (Å²) < 4.78 is 0. The zero-order chi connectivity index (χ0) is 44.6. The lowest BCUT2D eigenvalue weighted by Gasteiger charge is -2.27. The number of aliphatic hydroxyl groups excluding tert-OH is 1. The van der Waals surface area contributed by atoms with Crippen molar-refractivity contribution in [2.45, 2.75) is 102 Å². The van der Waals surface area contributed by atoms with Crippen LogP contribution in [0, 0.1) is 24.2 Å². The fourth-order valence-electron chi connectivity index (χ4n) is 6.15. The first-order valence-corrected chi connectivity index (χ1v) is 19.8. The number of terminal acetylenes is 1. The number of aliphatic hydroxyl groups is 1. The predicted octanol–water partition coefficient (Wildman–Crippen LogP) is 0.0720. The second-order valence-electron chi connectivity index (χ2n) is 14.7. The Morgan fingerprint density at radius 3 is 1.95 bits per heavy atom. The molecule has 0 fully saturated rings. The fraction of sp³-hybridized carbons (Fsp3) is 0.476. The number of nitrogens with one attached hydrogen (secondary N) is 5. The van der Waals surface area contributed by atoms with Gasteiger partial charge in [0.25, 0.3) is 5.91 Å². The van der Waals surface area contributed by atoms with Crippen LogP contribution in [0.4, 0.5) is 0 Å². The summed E-state index contributed by atoms with van der Waals surface area (Å²) in [7, 11) is 0. The molecule has 0 saturated carbocycles. The Morgan fingerprint density at radius 2 is 1.35 bits per heavy atom. The molecule has 60 heavy (non-hydrogen) atoms. The molecule has 0 bridgehead atoms. The summed E-state index contributed by atoms with van der Waals surface area (Å²) in [6.07, 6.45) is 5.58. The van der Waals surface area contributed by atoms with E-state index in [1.54, 1.807) is 68.4 Å². The quantitative estimate of drug-likeness (QED) is 0.0109. The lowest BCUT2D eigenvalue weighted by atomic mass is 9.90. The van der Waals surface area contributed by atoms with Crippen LogP contribution in [0.15, 0.2) is 59.6 Å². The van der Waals surface area contributed by atoms with E-state index >= 15 is 0 Å². The number of nitrogens with two attached hydrogens (primary N) is 3. The molecule has 0 spiro atoms. The molecule has 0 heterocycles. The molecule has 2 rings (SSSR count). The summed E-state index contributed by atoms with van der Waals surface area (Å²) in [6.45, 7) is 3.89. The van der Waals surface area contributed by atoms with Gasteiger partial charge in [0.15, 0.2) is 11.7 Å². The SMILES string of the molecule is C#CCCCC(=O)NCCCC[C@H](NC(=O)[C@H](Cc1ccc(C(=O)c2ccccc2)cc1)NC(=O)[C@H](CCCN=C(N)N)NC(=O)[C@H](CC(C)C)[C@H](O)C(=O)NO)C(N)=O. The molecule has 0 aliphatic carbocycles. The minimum Gasteiger partial charge on any atom is -0.382 e. The Balaban J connectivity index is 2.38. The van der Waals surface area contributed by atoms with E-state index in [4.69, 9.17) is 28.8 Å². The number of rotatable bonds is 27. The normalized spacial score (nSPS) is 13.3. The Hall–Kier alpha value is -6.32. The zero-order valence-corrected chi connectivity index (χ0v) is 34.2. The van der Waals surface area contributed by atoms with E-state index in [0.717, 1.165) is 0 Å². The summed E-state index contributed by atoms with van der Waals surface area (Å²) in [6, 6.07) is 11.2. The van der Waals surface area contributed by atoms with Crippen LogP contribution < -0.4 is 43.9 Å². The first-order chi connectivity index (χ1) is 28.6. The molecule has 0 radical (unpaired) electrons. The maximum Gasteiger partial charge on any atom is 0.272 e. The second-order valence-corrected chi connectivity index (χ2v) is 14.7. The van der Waals surface area contributed by atoms with Crippen LogP contribution in [0.5, 0.6) is 0 Å². The van der Waals surface area contributed by atoms with Gasteiger partial charge in [-0.25, -0.2) is 5.48 Å². The van der Waals surface area contributed by atoms with E-state index in [9.17, 15) is 38.7 Å². The molecule has 0 aromatic heterocycles. The van der Waals surface area contributed by atoms with E-state index in [0.29, 0.717) is 48.9 Å². The first-order valence-electron chi connectivity index (χ1n) is 19.8. The molecule has 0 saturated heterocycles. The molecule has 326 valence electrons. The van der Waals surface area contributed by atoms with E-state index in [2.05, 4.69) is 32.2 Å². The molecule has 5 atom stereocenters. The van der Waals surface area contributed by atoms with Gasteiger partial charge < -0.3 is 43.6 Å². The lowest BCUT2D eigenvalue weighted by Crippen LogP contribution is -2.58. The van der Waals surface area contributed by atoms with Crippen molar-refractivity contribution in [1.82, 2.24) is 26.7 Å². The average Bonchev–Trinajstić information content (AvgIpc) is 3.22. The number of primary amides is 1. The number of ketones is 1. The highest BCUT2D eigenvalue weighted by atomic mass is 16.5. The summed E-state index contributed by atoms with van der Waals surface area (Å²) in [5.74, 6) is -4.22. The number of carbonyl (C=O) groups excluding carboxylic acids is 7. The Labute approximate surface area is 350 Å². The number of guanidine groups is 1. The zero-order valence-electron chi connectivity index (χ0n) is 34.2. The van der Waals surface area contributed by atoms with Gasteiger partial charge in [-0.1, -0.05) is 68.4 Å². The minimum atomic E-state index is -1.96. The van der Waals surface area contributed by atoms with Crippen LogP contribution in [0.25, 0.3) is 0 Å². The molecule has 2 aromatic rings. The lowest BCUT2D eigenvalue weighted by molar-refractivity contribution is -0.147. The molecule has 13 N–H and O–H groups in total. The van der Waals surface area contributed by atoms with Gasteiger partial charge in [-0.05, 0) is 56.4 Å². The number of carbonyl (C=O) groups is 7. The van der Waals surface area contributed by atoms with Crippen LogP contribution in [0.3, 0.4) is 0 Å². The largest absolute Gasteiger partial charge is 0.382 e. The Bertz CT molecular complexity index is 1810. The number of hydrogen-bond donors (Lipinski definition) is 10. The fourth-order valence-corrected chi connectivity index (χ4v) is 6.15. The topological polar surface area (TPSA) is 311 Å². The number of nitrogens with zero attached hydrogens (tertiary/aromatic N) is 1. The van der Waals surface area contributed by atoms with Crippen molar-refractivity contribution in [1.29, 1.82) is 0 Å². The molecule has 0 unspecified atom stereocenters. The first kappa shape index (κ1) is 49.8. The van der Waals surface area contributed by atoms with Gasteiger partial charge in [0.2, 0.25) is 29.5 Å². The molecule has 0 aliphatic rings. The number of amides is 6. The van der Waals surface area contributed by atoms with Gasteiger partial charge in [0, 0.05) is 43.5 Å². The van der Waals surface area contributed by atoms with E-state index in [1.807, 2.05) is 0 Å². The van der Waals surface area contributed by atoms with Crippen molar-refractivity contribution in [3.05, 3.63) is 71.3 Å². The second kappa shape index (κ2) is 26.6. The molecule has 6 amide bonds. The number of aliphatic imine (C=N–C) groups is 1. The van der Waals surface area contributed by atoms with E-state index < -0.39 is 59.7 Å². The van der Waals surface area contributed by atoms with Gasteiger partial charge in [-0.3, -0.25) is 43.8 Å². The van der Waals surface area contributed by atoms with Crippen LogP contribution in [0.1, 0.15) is 93.1 Å². The molecule has 2 aromatic carbocycles. The highest BCUT2D eigenvalue weighted by molar-refractivity contribution is 6.09. The van der Waals surface area contributed by atoms with Gasteiger partial charge in [-0.2, -0.15) is 0 Å². The number of benzene rings is 2. The van der Waals surface area contributed by atoms with Crippen molar-refractivity contribution >= 4 is 47.2 Å². The molecule has 18 heteroatoms. The smallest absolute Gasteiger partial charge is 0.272 e. The molecular weight excluding hydrogens is 775 g/mol. The summed E-state index contributed by atoms with van der Waals surface area (Å²) >= 11 is 0. The Morgan fingerprint density at radius 1 is 0.750 bits per heavy atom. The maximum absolute atomic E-state index is 14.1. The highest BCUT2D eigenvalue weighted by Crippen LogP contribution is 2.18. The van der Waals surface area contributed by atoms with E-state index in [-0.39, 0.29) is 68.6 Å². The third kappa shape index (κ3) is 18.1. The highest BCUT2D eigenvalue weighted by Gasteiger charge is 2.36. The third-order valence-electron chi connectivity index (χ3n) is 9.35. The van der Waals surface area contributed by atoms with Crippen molar-refractivity contribution in [3.63, 3.8) is 0 Å². The average molecular weight is 834 g/mol. The molecule has 18 nitrogen and oxygen atoms in total. The monoisotopic (exact) mass is 833 g/mol. The van der Waals surface area contributed by atoms with Crippen molar-refractivity contribution in [3.8, 4) is 12.3 Å². The third-order valence-corrected chi connectivity index (χ3v) is 9.35. The van der Waals surface area contributed by atoms with Crippen LogP contribution in [0.2, 0.25) is 0 Å². The summed E-state index contributed by atoms with van der Waals surface area (Å²) in [4.78, 5) is 95.3. The molecule has 0 aliphatic heterocycles.